The third kappa shape index (κ3) is 2.49. The van der Waals surface area contributed by atoms with Gasteiger partial charge in [-0.3, -0.25) is 19.2 Å². The van der Waals surface area contributed by atoms with E-state index in [1.54, 1.807) is 13.8 Å². The van der Waals surface area contributed by atoms with Crippen LogP contribution in [0.2, 0.25) is 0 Å². The number of rotatable bonds is 2. The molecule has 1 saturated carbocycles. The number of cyclic esters (lactones) is 1. The highest BCUT2D eigenvalue weighted by molar-refractivity contribution is 6.50. The summed E-state index contributed by atoms with van der Waals surface area (Å²) >= 11 is 0. The van der Waals surface area contributed by atoms with Crippen molar-refractivity contribution in [2.75, 3.05) is 6.61 Å². The lowest BCUT2D eigenvalue weighted by molar-refractivity contribution is -0.196. The van der Waals surface area contributed by atoms with Gasteiger partial charge in [0.2, 0.25) is 11.6 Å². The summed E-state index contributed by atoms with van der Waals surface area (Å²) in [5.74, 6) is -3.20. The first-order chi connectivity index (χ1) is 13.5. The molecule has 7 nitrogen and oxygen atoms in total. The molecule has 1 aliphatic heterocycles. The summed E-state index contributed by atoms with van der Waals surface area (Å²) in [5, 5.41) is 11.1. The quantitative estimate of drug-likeness (QED) is 0.430. The van der Waals surface area contributed by atoms with Gasteiger partial charge in [0.15, 0.2) is 0 Å². The van der Waals surface area contributed by atoms with Gasteiger partial charge in [0, 0.05) is 29.1 Å². The topological polar surface area (TPSA) is 107 Å². The third-order valence-electron chi connectivity index (χ3n) is 7.29. The normalized spacial score (nSPS) is 36.7. The van der Waals surface area contributed by atoms with Crippen LogP contribution in [-0.4, -0.2) is 41.3 Å². The van der Waals surface area contributed by atoms with Crippen LogP contribution in [0, 0.1) is 22.7 Å². The molecule has 0 amide bonds. The van der Waals surface area contributed by atoms with E-state index in [1.165, 1.54) is 6.92 Å². The van der Waals surface area contributed by atoms with Crippen LogP contribution in [0.4, 0.5) is 0 Å². The lowest BCUT2D eigenvalue weighted by Gasteiger charge is -2.59. The van der Waals surface area contributed by atoms with Gasteiger partial charge in [-0.2, -0.15) is 0 Å². The zero-order valence-electron chi connectivity index (χ0n) is 17.2. The Bertz CT molecular complexity index is 908. The molecule has 156 valence electrons. The SMILES string of the molecule is CC(=O)O[C@@H]1C[C@@H]2[C@]3(CCC[C@]2(C)C(=O)OC3)C2=C1C(O)=C(C(C)C)C(=O)C2=O. The molecule has 4 rings (SSSR count). The minimum Gasteiger partial charge on any atom is -0.507 e. The minimum atomic E-state index is -0.880. The van der Waals surface area contributed by atoms with Crippen LogP contribution in [0.15, 0.2) is 22.5 Å². The number of aliphatic hydroxyl groups excluding tert-OH is 1. The van der Waals surface area contributed by atoms with Crippen LogP contribution in [0.1, 0.15) is 53.4 Å². The molecule has 3 aliphatic carbocycles. The summed E-state index contributed by atoms with van der Waals surface area (Å²) in [5.41, 5.74) is -1.20. The fraction of sp³-hybridized carbons (Fsp3) is 0.636. The molecule has 0 aromatic rings. The summed E-state index contributed by atoms with van der Waals surface area (Å²) in [6, 6.07) is 0. The molecule has 2 fully saturated rings. The largest absolute Gasteiger partial charge is 0.507 e. The maximum Gasteiger partial charge on any atom is 0.312 e. The Kier molecular flexibility index (Phi) is 4.30. The Hall–Kier alpha value is -2.44. The third-order valence-corrected chi connectivity index (χ3v) is 7.29. The van der Waals surface area contributed by atoms with E-state index >= 15 is 0 Å². The Morgan fingerprint density at radius 2 is 1.90 bits per heavy atom. The molecule has 4 atom stereocenters. The highest BCUT2D eigenvalue weighted by atomic mass is 16.5. The molecular formula is C22H26O7. The highest BCUT2D eigenvalue weighted by Crippen LogP contribution is 2.64. The number of aliphatic hydroxyl groups is 1. The number of hydrogen-bond acceptors (Lipinski definition) is 7. The van der Waals surface area contributed by atoms with Crippen molar-refractivity contribution in [1.82, 2.24) is 0 Å². The predicted molar refractivity (Wildman–Crippen MR) is 101 cm³/mol. The standard InChI is InChI=1S/C22H26O7/c1-10(2)14-17(24)15-12(29-11(3)23)8-13-21(4)6-5-7-22(13,9-28-20(21)27)16(15)19(26)18(14)25/h10,12-13,24H,5-9H2,1-4H3/t12-,13+,21+,22-/m1/s1. The Labute approximate surface area is 169 Å². The molecule has 0 aromatic heterocycles. The van der Waals surface area contributed by atoms with Crippen molar-refractivity contribution in [3.05, 3.63) is 22.5 Å². The fourth-order valence-corrected chi connectivity index (χ4v) is 6.07. The van der Waals surface area contributed by atoms with Crippen LogP contribution >= 0.6 is 0 Å². The van der Waals surface area contributed by atoms with Gasteiger partial charge in [-0.1, -0.05) is 20.3 Å². The van der Waals surface area contributed by atoms with E-state index in [-0.39, 0.29) is 46.9 Å². The molecule has 1 N–H and O–H groups in total. The summed E-state index contributed by atoms with van der Waals surface area (Å²) < 4.78 is 11.1. The van der Waals surface area contributed by atoms with Gasteiger partial charge in [-0.05, 0) is 38.0 Å². The van der Waals surface area contributed by atoms with Gasteiger partial charge in [-0.25, -0.2) is 0 Å². The first-order valence-corrected chi connectivity index (χ1v) is 10.2. The number of esters is 2. The van der Waals surface area contributed by atoms with Crippen molar-refractivity contribution in [3.63, 3.8) is 0 Å². The van der Waals surface area contributed by atoms with Crippen molar-refractivity contribution >= 4 is 23.5 Å². The Morgan fingerprint density at radius 3 is 2.52 bits per heavy atom. The van der Waals surface area contributed by atoms with Gasteiger partial charge >= 0.3 is 11.9 Å². The molecular weight excluding hydrogens is 376 g/mol. The molecule has 0 aromatic carbocycles. The van der Waals surface area contributed by atoms with Gasteiger partial charge < -0.3 is 14.6 Å². The number of allylic oxidation sites excluding steroid dienone is 1. The lowest BCUT2D eigenvalue weighted by Crippen LogP contribution is -2.62. The molecule has 1 heterocycles. The average molecular weight is 402 g/mol. The van der Waals surface area contributed by atoms with Crippen molar-refractivity contribution in [3.8, 4) is 0 Å². The smallest absolute Gasteiger partial charge is 0.312 e. The zero-order valence-corrected chi connectivity index (χ0v) is 17.2. The van der Waals surface area contributed by atoms with E-state index in [0.717, 1.165) is 0 Å². The molecule has 0 radical (unpaired) electrons. The van der Waals surface area contributed by atoms with Crippen molar-refractivity contribution < 1.29 is 33.8 Å². The Balaban J connectivity index is 2.01. The summed E-state index contributed by atoms with van der Waals surface area (Å²) in [4.78, 5) is 50.8. The lowest BCUT2D eigenvalue weighted by atomic mass is 9.46. The molecule has 0 spiro atoms. The van der Waals surface area contributed by atoms with Crippen LogP contribution in [0.3, 0.4) is 0 Å². The van der Waals surface area contributed by atoms with E-state index in [0.29, 0.717) is 25.7 Å². The van der Waals surface area contributed by atoms with E-state index in [2.05, 4.69) is 0 Å². The summed E-state index contributed by atoms with van der Waals surface area (Å²) in [6.45, 7) is 6.55. The number of Topliss-reactive ketones (excluding diaryl/α,β-unsaturated/α-hetero) is 2. The number of ether oxygens (including phenoxy) is 2. The van der Waals surface area contributed by atoms with Crippen LogP contribution in [0.25, 0.3) is 0 Å². The number of carbonyl (C=O) groups is 4. The number of carbonyl (C=O) groups excluding carboxylic acids is 4. The first-order valence-electron chi connectivity index (χ1n) is 10.2. The van der Waals surface area contributed by atoms with E-state index < -0.39 is 34.5 Å². The second kappa shape index (κ2) is 6.28. The highest BCUT2D eigenvalue weighted by Gasteiger charge is 2.66. The maximum atomic E-state index is 13.4. The molecule has 1 saturated heterocycles. The second-order valence-electron chi connectivity index (χ2n) is 9.25. The van der Waals surface area contributed by atoms with Gasteiger partial charge in [0.25, 0.3) is 0 Å². The molecule has 2 bridgehead atoms. The van der Waals surface area contributed by atoms with Crippen LogP contribution in [0.5, 0.6) is 0 Å². The second-order valence-corrected chi connectivity index (χ2v) is 9.25. The molecule has 4 aliphatic rings. The summed E-state index contributed by atoms with van der Waals surface area (Å²) in [7, 11) is 0. The van der Waals surface area contributed by atoms with Gasteiger partial charge in [-0.15, -0.1) is 0 Å². The van der Waals surface area contributed by atoms with E-state index in [9.17, 15) is 24.3 Å². The zero-order chi connectivity index (χ0) is 21.3. The fourth-order valence-electron chi connectivity index (χ4n) is 6.07. The summed E-state index contributed by atoms with van der Waals surface area (Å²) in [6.07, 6.45) is 1.32. The van der Waals surface area contributed by atoms with Crippen molar-refractivity contribution in [2.45, 2.75) is 59.5 Å². The van der Waals surface area contributed by atoms with E-state index in [4.69, 9.17) is 9.47 Å². The van der Waals surface area contributed by atoms with Crippen molar-refractivity contribution in [2.24, 2.45) is 22.7 Å². The predicted octanol–water partition coefficient (Wildman–Crippen LogP) is 2.59. The van der Waals surface area contributed by atoms with Crippen molar-refractivity contribution in [1.29, 1.82) is 0 Å². The van der Waals surface area contributed by atoms with Gasteiger partial charge in [0.1, 0.15) is 18.5 Å². The van der Waals surface area contributed by atoms with Gasteiger partial charge in [0.05, 0.1) is 5.41 Å². The van der Waals surface area contributed by atoms with Crippen LogP contribution < -0.4 is 0 Å². The molecule has 7 heteroatoms. The minimum absolute atomic E-state index is 0.00102. The Morgan fingerprint density at radius 1 is 1.21 bits per heavy atom. The number of ketones is 2. The molecule has 0 unspecified atom stereocenters. The first kappa shape index (κ1) is 19.9. The number of hydrogen-bond donors (Lipinski definition) is 1. The maximum absolute atomic E-state index is 13.4. The monoisotopic (exact) mass is 402 g/mol. The average Bonchev–Trinajstić information content (AvgIpc) is 2.62. The van der Waals surface area contributed by atoms with E-state index in [1.807, 2.05) is 6.92 Å². The van der Waals surface area contributed by atoms with Crippen LogP contribution in [-0.2, 0) is 28.7 Å². The molecule has 29 heavy (non-hydrogen) atoms.